The average molecular weight is 640 g/mol. The van der Waals surface area contributed by atoms with Gasteiger partial charge in [0.1, 0.15) is 5.75 Å². The fourth-order valence-electron chi connectivity index (χ4n) is 5.63. The Morgan fingerprint density at radius 1 is 0.415 bits per heavy atom. The molecule has 0 radical (unpaired) electrons. The number of rotatable bonds is 6. The lowest BCUT2D eigenvalue weighted by molar-refractivity contribution is 0.727. The second-order valence-electron chi connectivity index (χ2n) is 10.0. The molecule has 0 aromatic heterocycles. The van der Waals surface area contributed by atoms with Gasteiger partial charge in [-0.3, -0.25) is 0 Å². The molecule has 0 saturated heterocycles. The molecule has 0 bridgehead atoms. The molecule has 196 valence electrons. The number of fused-ring (bicyclic) bond motifs is 3. The molecule has 2 nitrogen and oxygen atoms in total. The third-order valence-corrected chi connectivity index (χ3v) is 8.11. The molecule has 7 aromatic carbocycles. The Labute approximate surface area is 254 Å². The summed E-state index contributed by atoms with van der Waals surface area (Å²) in [5.41, 5.74) is 8.08. The van der Waals surface area contributed by atoms with E-state index in [4.69, 9.17) is 3.07 Å². The highest BCUT2D eigenvalue weighted by molar-refractivity contribution is 14.1. The normalized spacial score (nSPS) is 11.0. The number of hydrogen-bond acceptors (Lipinski definition) is 2. The van der Waals surface area contributed by atoms with Gasteiger partial charge >= 0.3 is 0 Å². The smallest absolute Gasteiger partial charge is 0.192 e. The summed E-state index contributed by atoms with van der Waals surface area (Å²) in [4.78, 5) is 2.34. The Morgan fingerprint density at radius 2 is 0.927 bits per heavy atom. The summed E-state index contributed by atoms with van der Waals surface area (Å²) in [6.07, 6.45) is 0. The van der Waals surface area contributed by atoms with Gasteiger partial charge in [-0.1, -0.05) is 121 Å². The Morgan fingerprint density at radius 3 is 1.49 bits per heavy atom. The van der Waals surface area contributed by atoms with E-state index in [1.165, 1.54) is 33.0 Å². The molecule has 41 heavy (non-hydrogen) atoms. The van der Waals surface area contributed by atoms with E-state index in [9.17, 15) is 0 Å². The fourth-order valence-corrected chi connectivity index (χ4v) is 6.00. The molecule has 7 aromatic rings. The summed E-state index contributed by atoms with van der Waals surface area (Å²) in [7, 11) is 0. The van der Waals surface area contributed by atoms with E-state index in [0.29, 0.717) is 0 Å². The van der Waals surface area contributed by atoms with Gasteiger partial charge in [0.2, 0.25) is 0 Å². The van der Waals surface area contributed by atoms with Gasteiger partial charge in [0.15, 0.2) is 23.0 Å². The van der Waals surface area contributed by atoms with Crippen molar-refractivity contribution in [1.29, 1.82) is 0 Å². The molecule has 0 unspecified atom stereocenters. The zero-order chi connectivity index (χ0) is 27.6. The zero-order valence-electron chi connectivity index (χ0n) is 22.2. The predicted molar refractivity (Wildman–Crippen MR) is 182 cm³/mol. The lowest BCUT2D eigenvalue weighted by Crippen LogP contribution is -2.10. The fraction of sp³-hybridized carbons (Fsp3) is 0. The summed E-state index contributed by atoms with van der Waals surface area (Å²) in [5, 5.41) is 4.62. The highest BCUT2D eigenvalue weighted by atomic mass is 127. The molecule has 0 N–H and O–H groups in total. The van der Waals surface area contributed by atoms with Gasteiger partial charge in [-0.15, -0.1) is 0 Å². The van der Waals surface area contributed by atoms with Crippen molar-refractivity contribution >= 4 is 61.6 Å². The van der Waals surface area contributed by atoms with Crippen molar-refractivity contribution < 1.29 is 3.07 Å². The van der Waals surface area contributed by atoms with Crippen LogP contribution in [0.2, 0.25) is 0 Å². The highest BCUT2D eigenvalue weighted by Crippen LogP contribution is 2.44. The summed E-state index contributed by atoms with van der Waals surface area (Å²) in [6, 6.07) is 55.9. The largest absolute Gasteiger partial charge is 0.427 e. The van der Waals surface area contributed by atoms with Crippen molar-refractivity contribution in [2.45, 2.75) is 0 Å². The first kappa shape index (κ1) is 25.4. The standard InChI is InChI=1S/C38H26INO/c39-41-37-26-25-36(35-24-19-31-13-7-8-14-34(31)38(35)37)40(32-20-15-29(16-21-32)27-9-3-1-4-10-27)33-22-17-30(18-23-33)28-11-5-2-6-12-28/h1-26H. The highest BCUT2D eigenvalue weighted by Gasteiger charge is 2.19. The van der Waals surface area contributed by atoms with Crippen LogP contribution >= 0.6 is 23.0 Å². The first-order chi connectivity index (χ1) is 20.3. The molecular weight excluding hydrogens is 613 g/mol. The molecule has 0 aliphatic carbocycles. The van der Waals surface area contributed by atoms with E-state index in [1.54, 1.807) is 0 Å². The van der Waals surface area contributed by atoms with Gasteiger partial charge in [-0.2, -0.15) is 0 Å². The lowest BCUT2D eigenvalue weighted by atomic mass is 9.98. The maximum atomic E-state index is 5.86. The summed E-state index contributed by atoms with van der Waals surface area (Å²) >= 11 is 1.99. The second-order valence-corrected chi connectivity index (χ2v) is 10.5. The summed E-state index contributed by atoms with van der Waals surface area (Å²) in [6.45, 7) is 0. The van der Waals surface area contributed by atoms with E-state index in [0.717, 1.165) is 33.6 Å². The van der Waals surface area contributed by atoms with E-state index < -0.39 is 0 Å². The Kier molecular flexibility index (Phi) is 6.87. The van der Waals surface area contributed by atoms with Crippen molar-refractivity contribution in [2.24, 2.45) is 0 Å². The number of benzene rings is 7. The van der Waals surface area contributed by atoms with Crippen LogP contribution in [0.4, 0.5) is 17.1 Å². The van der Waals surface area contributed by atoms with Crippen LogP contribution in [0.25, 0.3) is 43.8 Å². The minimum absolute atomic E-state index is 0.861. The van der Waals surface area contributed by atoms with E-state index in [-0.39, 0.29) is 0 Å². The molecular formula is C38H26INO. The molecule has 7 rings (SSSR count). The Balaban J connectivity index is 1.42. The van der Waals surface area contributed by atoms with Crippen molar-refractivity contribution in [3.8, 4) is 28.0 Å². The van der Waals surface area contributed by atoms with Gasteiger partial charge < -0.3 is 7.97 Å². The first-order valence-corrected chi connectivity index (χ1v) is 14.5. The van der Waals surface area contributed by atoms with Gasteiger partial charge in [-0.25, -0.2) is 0 Å². The molecule has 0 aliphatic rings. The Hall–Kier alpha value is -4.61. The number of nitrogens with zero attached hydrogens (tertiary/aromatic N) is 1. The molecule has 0 heterocycles. The van der Waals surface area contributed by atoms with Crippen LogP contribution in [0.15, 0.2) is 158 Å². The van der Waals surface area contributed by atoms with E-state index in [2.05, 4.69) is 163 Å². The van der Waals surface area contributed by atoms with Gasteiger partial charge in [-0.05, 0) is 69.4 Å². The van der Waals surface area contributed by atoms with E-state index in [1.807, 2.05) is 23.0 Å². The van der Waals surface area contributed by atoms with Crippen LogP contribution in [0.1, 0.15) is 0 Å². The maximum Gasteiger partial charge on any atom is 0.192 e. The van der Waals surface area contributed by atoms with Crippen molar-refractivity contribution in [1.82, 2.24) is 0 Å². The molecule has 0 aliphatic heterocycles. The van der Waals surface area contributed by atoms with Crippen LogP contribution < -0.4 is 7.97 Å². The van der Waals surface area contributed by atoms with E-state index >= 15 is 0 Å². The van der Waals surface area contributed by atoms with Crippen molar-refractivity contribution in [3.05, 3.63) is 158 Å². The Bertz CT molecular complexity index is 1870. The van der Waals surface area contributed by atoms with Gasteiger partial charge in [0, 0.05) is 22.1 Å². The van der Waals surface area contributed by atoms with Crippen LogP contribution in [-0.4, -0.2) is 0 Å². The predicted octanol–water partition coefficient (Wildman–Crippen LogP) is 11.5. The van der Waals surface area contributed by atoms with Crippen LogP contribution in [0, 0.1) is 0 Å². The quantitative estimate of drug-likeness (QED) is 0.133. The number of halogens is 1. The van der Waals surface area contributed by atoms with Gasteiger partial charge in [0.25, 0.3) is 0 Å². The topological polar surface area (TPSA) is 12.5 Å². The summed E-state index contributed by atoms with van der Waals surface area (Å²) in [5.74, 6) is 0.861. The van der Waals surface area contributed by atoms with Crippen molar-refractivity contribution in [2.75, 3.05) is 4.90 Å². The third kappa shape index (κ3) is 4.83. The SMILES string of the molecule is IOc1ccc(N(c2ccc(-c3ccccc3)cc2)c2ccc(-c3ccccc3)cc2)c2ccc3ccccc3c12. The molecule has 0 amide bonds. The number of anilines is 3. The second kappa shape index (κ2) is 11.1. The number of hydrogen-bond donors (Lipinski definition) is 0. The van der Waals surface area contributed by atoms with Crippen LogP contribution in [0.5, 0.6) is 5.75 Å². The molecule has 0 fully saturated rings. The average Bonchev–Trinajstić information content (AvgIpc) is 3.06. The van der Waals surface area contributed by atoms with Crippen molar-refractivity contribution in [3.63, 3.8) is 0 Å². The monoisotopic (exact) mass is 639 g/mol. The third-order valence-electron chi connectivity index (χ3n) is 7.63. The van der Waals surface area contributed by atoms with Crippen LogP contribution in [0.3, 0.4) is 0 Å². The minimum Gasteiger partial charge on any atom is -0.427 e. The lowest BCUT2D eigenvalue weighted by Gasteiger charge is -2.28. The molecule has 3 heteroatoms. The molecule has 0 spiro atoms. The zero-order valence-corrected chi connectivity index (χ0v) is 24.4. The maximum absolute atomic E-state index is 5.86. The molecule has 0 saturated carbocycles. The molecule has 0 atom stereocenters. The minimum atomic E-state index is 0.861. The first-order valence-electron chi connectivity index (χ1n) is 13.6. The van der Waals surface area contributed by atoms with Gasteiger partial charge in [0.05, 0.1) is 5.69 Å². The van der Waals surface area contributed by atoms with Crippen LogP contribution in [-0.2, 0) is 0 Å². The summed E-state index contributed by atoms with van der Waals surface area (Å²) < 4.78 is 5.86.